The van der Waals surface area contributed by atoms with Gasteiger partial charge in [-0.1, -0.05) is 0 Å². The Morgan fingerprint density at radius 2 is 1.94 bits per heavy atom. The van der Waals surface area contributed by atoms with Gasteiger partial charge >= 0.3 is 0 Å². The van der Waals surface area contributed by atoms with Crippen molar-refractivity contribution in [2.24, 2.45) is 11.7 Å². The van der Waals surface area contributed by atoms with Crippen LogP contribution in [0.25, 0.3) is 5.65 Å². The highest BCUT2D eigenvalue weighted by Gasteiger charge is 2.25. The molecule has 176 valence electrons. The number of rotatable bonds is 6. The van der Waals surface area contributed by atoms with Crippen LogP contribution >= 0.6 is 12.4 Å². The second-order valence-electron chi connectivity index (χ2n) is 8.24. The second-order valence-corrected chi connectivity index (χ2v) is 8.24. The van der Waals surface area contributed by atoms with E-state index in [1.54, 1.807) is 19.1 Å². The normalized spacial score (nSPS) is 16.8. The molecule has 0 spiro atoms. The van der Waals surface area contributed by atoms with Gasteiger partial charge in [0.05, 0.1) is 0 Å². The van der Waals surface area contributed by atoms with Crippen LogP contribution < -0.4 is 5.73 Å². The van der Waals surface area contributed by atoms with Crippen LogP contribution in [-0.2, 0) is 6.42 Å². The largest absolute Gasteiger partial charge is 0.494 e. The van der Waals surface area contributed by atoms with Crippen LogP contribution in [0.5, 0.6) is 5.88 Å². The molecule has 2 aromatic heterocycles. The number of nitrogens with two attached hydrogens (primary N) is 1. The number of likely N-dealkylation sites (tertiary alicyclic amines) is 1. The van der Waals surface area contributed by atoms with Gasteiger partial charge in [0.1, 0.15) is 12.1 Å². The van der Waals surface area contributed by atoms with Crippen molar-refractivity contribution >= 4 is 29.7 Å². The lowest BCUT2D eigenvalue weighted by atomic mass is 9.91. The zero-order valence-electron chi connectivity index (χ0n) is 18.3. The van der Waals surface area contributed by atoms with E-state index < -0.39 is 5.91 Å². The summed E-state index contributed by atoms with van der Waals surface area (Å²) >= 11 is 0. The third-order valence-electron chi connectivity index (χ3n) is 6.18. The van der Waals surface area contributed by atoms with Gasteiger partial charge in [-0.15, -0.1) is 12.4 Å². The Labute approximate surface area is 197 Å². The molecule has 1 aromatic carbocycles. The van der Waals surface area contributed by atoms with Gasteiger partial charge in [-0.25, -0.2) is 14.4 Å². The van der Waals surface area contributed by atoms with Gasteiger partial charge in [-0.05, 0) is 70.0 Å². The summed E-state index contributed by atoms with van der Waals surface area (Å²) in [6.45, 7) is 4.12. The number of hydrogen-bond donors (Lipinski definition) is 2. The van der Waals surface area contributed by atoms with E-state index in [0.717, 1.165) is 32.4 Å². The Balaban J connectivity index is 0.00000306. The van der Waals surface area contributed by atoms with E-state index in [-0.39, 0.29) is 47.1 Å². The molecule has 1 aliphatic heterocycles. The van der Waals surface area contributed by atoms with Gasteiger partial charge < -0.3 is 15.7 Å². The van der Waals surface area contributed by atoms with Crippen LogP contribution in [0.1, 0.15) is 51.4 Å². The molecule has 1 saturated heterocycles. The number of fused-ring (bicyclic) bond motifs is 1. The number of ketones is 1. The van der Waals surface area contributed by atoms with Crippen molar-refractivity contribution in [2.45, 2.75) is 32.6 Å². The van der Waals surface area contributed by atoms with Gasteiger partial charge in [-0.2, -0.15) is 0 Å². The Bertz CT molecular complexity index is 1170. The molecule has 1 unspecified atom stereocenters. The minimum atomic E-state index is -0.694. The van der Waals surface area contributed by atoms with Gasteiger partial charge in [0.25, 0.3) is 5.91 Å². The number of aromatic hydroxyl groups is 1. The topological polar surface area (TPSA) is 114 Å². The molecule has 3 N–H and O–H groups in total. The SMILES string of the molecule is Cc1nc2c(C(N)=O)ncn2c(O)c1CCN1CCCC(C(=O)c2ccc(F)cc2)CC1.Cl. The number of Topliss-reactive ketones (excluding diaryl/α,β-unsaturated/α-hetero) is 1. The Morgan fingerprint density at radius 3 is 2.64 bits per heavy atom. The Kier molecular flexibility index (Phi) is 7.65. The molecular formula is C23H27ClFN5O3. The molecule has 0 bridgehead atoms. The molecule has 3 heterocycles. The van der Waals surface area contributed by atoms with E-state index in [1.165, 1.54) is 22.9 Å². The lowest BCUT2D eigenvalue weighted by Gasteiger charge is -2.21. The summed E-state index contributed by atoms with van der Waals surface area (Å²) in [6, 6.07) is 5.74. The fraction of sp³-hybridized carbons (Fsp3) is 0.391. The molecular weight excluding hydrogens is 449 g/mol. The first-order chi connectivity index (χ1) is 15.3. The second kappa shape index (κ2) is 10.3. The predicted octanol–water partition coefficient (Wildman–Crippen LogP) is 2.93. The first kappa shape index (κ1) is 24.6. The number of carbonyl (C=O) groups excluding carboxylic acids is 2. The molecule has 3 aromatic rings. The van der Waals surface area contributed by atoms with Crippen molar-refractivity contribution in [3.8, 4) is 5.88 Å². The van der Waals surface area contributed by atoms with Crippen LogP contribution in [0.3, 0.4) is 0 Å². The van der Waals surface area contributed by atoms with Crippen molar-refractivity contribution in [1.82, 2.24) is 19.3 Å². The van der Waals surface area contributed by atoms with E-state index in [1.807, 2.05) is 0 Å². The highest BCUT2D eigenvalue weighted by Crippen LogP contribution is 2.26. The minimum absolute atomic E-state index is 0. The third kappa shape index (κ3) is 5.15. The first-order valence-electron chi connectivity index (χ1n) is 10.7. The van der Waals surface area contributed by atoms with E-state index in [4.69, 9.17) is 5.73 Å². The summed E-state index contributed by atoms with van der Waals surface area (Å²) in [7, 11) is 0. The summed E-state index contributed by atoms with van der Waals surface area (Å²) in [5, 5.41) is 10.7. The van der Waals surface area contributed by atoms with Crippen molar-refractivity contribution in [1.29, 1.82) is 0 Å². The van der Waals surface area contributed by atoms with Gasteiger partial charge in [0.15, 0.2) is 17.1 Å². The number of carbonyl (C=O) groups is 2. The molecule has 1 amide bonds. The molecule has 1 atom stereocenters. The summed E-state index contributed by atoms with van der Waals surface area (Å²) in [6.07, 6.45) is 4.35. The minimum Gasteiger partial charge on any atom is -0.494 e. The first-order valence-corrected chi connectivity index (χ1v) is 10.7. The van der Waals surface area contributed by atoms with E-state index in [2.05, 4.69) is 14.9 Å². The third-order valence-corrected chi connectivity index (χ3v) is 6.18. The van der Waals surface area contributed by atoms with Gasteiger partial charge in [0, 0.05) is 29.3 Å². The smallest absolute Gasteiger partial charge is 0.271 e. The highest BCUT2D eigenvalue weighted by atomic mass is 35.5. The molecule has 0 aliphatic carbocycles. The van der Waals surface area contributed by atoms with Crippen molar-refractivity contribution in [3.63, 3.8) is 0 Å². The summed E-state index contributed by atoms with van der Waals surface area (Å²) in [4.78, 5) is 35.0. The lowest BCUT2D eigenvalue weighted by molar-refractivity contribution is 0.0907. The molecule has 1 fully saturated rings. The van der Waals surface area contributed by atoms with E-state index >= 15 is 0 Å². The summed E-state index contributed by atoms with van der Waals surface area (Å²) < 4.78 is 14.5. The fourth-order valence-corrected chi connectivity index (χ4v) is 4.37. The predicted molar refractivity (Wildman–Crippen MR) is 123 cm³/mol. The Hall–Kier alpha value is -3.04. The Morgan fingerprint density at radius 1 is 1.21 bits per heavy atom. The maximum Gasteiger partial charge on any atom is 0.271 e. The molecule has 0 saturated carbocycles. The zero-order chi connectivity index (χ0) is 22.8. The van der Waals surface area contributed by atoms with Crippen LogP contribution in [0, 0.1) is 18.7 Å². The average molecular weight is 476 g/mol. The zero-order valence-corrected chi connectivity index (χ0v) is 19.1. The van der Waals surface area contributed by atoms with E-state index in [9.17, 15) is 19.1 Å². The van der Waals surface area contributed by atoms with Crippen molar-refractivity contribution in [2.75, 3.05) is 19.6 Å². The standard InChI is InChI=1S/C23H26FN5O3.ClH/c1-14-18(23(32)29-13-26-19(21(25)31)22(29)27-14)9-12-28-10-2-3-15(8-11-28)20(30)16-4-6-17(24)7-5-16;/h4-7,13,15,32H,2-3,8-12H2,1H3,(H2,25,31);1H. The number of hydrogen-bond acceptors (Lipinski definition) is 6. The van der Waals surface area contributed by atoms with E-state index in [0.29, 0.717) is 29.8 Å². The van der Waals surface area contributed by atoms with Crippen molar-refractivity contribution < 1.29 is 19.1 Å². The maximum atomic E-state index is 13.1. The molecule has 1 aliphatic rings. The molecule has 8 nitrogen and oxygen atoms in total. The summed E-state index contributed by atoms with van der Waals surface area (Å²) in [5.41, 5.74) is 7.46. The molecule has 4 rings (SSSR count). The van der Waals surface area contributed by atoms with Crippen molar-refractivity contribution in [3.05, 3.63) is 58.9 Å². The number of aromatic nitrogens is 3. The number of nitrogens with zero attached hydrogens (tertiary/aromatic N) is 4. The van der Waals surface area contributed by atoms with Gasteiger partial charge in [0.2, 0.25) is 5.88 Å². The number of amides is 1. The van der Waals surface area contributed by atoms with Crippen LogP contribution in [-0.4, -0.2) is 55.7 Å². The molecule has 0 radical (unpaired) electrons. The number of benzene rings is 1. The lowest BCUT2D eigenvalue weighted by Crippen LogP contribution is -2.28. The quantitative estimate of drug-likeness (QED) is 0.530. The van der Waals surface area contributed by atoms with Crippen LogP contribution in [0.2, 0.25) is 0 Å². The van der Waals surface area contributed by atoms with Gasteiger partial charge in [-0.3, -0.25) is 14.0 Å². The maximum absolute atomic E-state index is 13.1. The highest BCUT2D eigenvalue weighted by molar-refractivity contribution is 5.98. The fourth-order valence-electron chi connectivity index (χ4n) is 4.37. The number of imidazole rings is 1. The molecule has 33 heavy (non-hydrogen) atoms. The number of aryl methyl sites for hydroxylation is 1. The van der Waals surface area contributed by atoms with Crippen LogP contribution in [0.4, 0.5) is 4.39 Å². The average Bonchev–Trinajstić information content (AvgIpc) is 3.05. The monoisotopic (exact) mass is 475 g/mol. The number of halogens is 2. The molecule has 10 heteroatoms. The summed E-state index contributed by atoms with van der Waals surface area (Å²) in [5.74, 6) is -1.04. The number of primary amides is 1. The van der Waals surface area contributed by atoms with Crippen LogP contribution in [0.15, 0.2) is 30.6 Å².